The number of hydrogen-bond donors (Lipinski definition) is 0. The average Bonchev–Trinajstić information content (AvgIpc) is 3.13. The van der Waals surface area contributed by atoms with Crippen LogP contribution in [-0.2, 0) is 20.9 Å². The number of halogens is 1. The highest BCUT2D eigenvalue weighted by Crippen LogP contribution is 2.22. The third kappa shape index (κ3) is 4.99. The van der Waals surface area contributed by atoms with Gasteiger partial charge in [-0.3, -0.25) is 9.59 Å². The van der Waals surface area contributed by atoms with Crippen LogP contribution in [0.2, 0.25) is 0 Å². The second-order valence-electron chi connectivity index (χ2n) is 7.07. The number of rotatable bonds is 6. The Balaban J connectivity index is 1.57. The van der Waals surface area contributed by atoms with Crippen molar-refractivity contribution in [1.82, 2.24) is 4.90 Å². The number of amides is 2. The third-order valence-corrected chi connectivity index (χ3v) is 4.80. The molecular formula is C22H23FN2O4. The zero-order valence-corrected chi connectivity index (χ0v) is 16.4. The summed E-state index contributed by atoms with van der Waals surface area (Å²) in [4.78, 5) is 39.7. The van der Waals surface area contributed by atoms with E-state index in [1.807, 2.05) is 0 Å². The van der Waals surface area contributed by atoms with Gasteiger partial charge >= 0.3 is 5.97 Å². The fraction of sp³-hybridized carbons (Fsp3) is 0.318. The molecule has 0 radical (unpaired) electrons. The van der Waals surface area contributed by atoms with E-state index in [4.69, 9.17) is 4.74 Å². The van der Waals surface area contributed by atoms with E-state index in [0.717, 1.165) is 12.1 Å². The molecule has 0 bridgehead atoms. The van der Waals surface area contributed by atoms with Gasteiger partial charge in [-0.1, -0.05) is 12.1 Å². The lowest BCUT2D eigenvalue weighted by Gasteiger charge is -2.22. The van der Waals surface area contributed by atoms with Crippen molar-refractivity contribution in [2.75, 3.05) is 18.5 Å². The Bertz CT molecular complexity index is 913. The molecule has 2 amide bonds. The van der Waals surface area contributed by atoms with Crippen LogP contribution < -0.4 is 4.90 Å². The Morgan fingerprint density at radius 2 is 1.93 bits per heavy atom. The van der Waals surface area contributed by atoms with Crippen molar-refractivity contribution in [2.24, 2.45) is 0 Å². The molecule has 7 heteroatoms. The Morgan fingerprint density at radius 1 is 1.21 bits per heavy atom. The van der Waals surface area contributed by atoms with Crippen molar-refractivity contribution in [3.63, 3.8) is 0 Å². The molecule has 1 saturated heterocycles. The van der Waals surface area contributed by atoms with Crippen molar-refractivity contribution >= 4 is 23.5 Å². The maximum atomic E-state index is 13.3. The summed E-state index contributed by atoms with van der Waals surface area (Å²) in [5.74, 6) is -1.31. The van der Waals surface area contributed by atoms with E-state index < -0.39 is 12.1 Å². The van der Waals surface area contributed by atoms with Crippen LogP contribution in [0.1, 0.15) is 35.7 Å². The van der Waals surface area contributed by atoms with Crippen LogP contribution in [0.4, 0.5) is 10.1 Å². The van der Waals surface area contributed by atoms with Gasteiger partial charge in [0.05, 0.1) is 5.56 Å². The minimum atomic E-state index is -0.985. The molecule has 0 unspecified atom stereocenters. The van der Waals surface area contributed by atoms with Crippen LogP contribution in [0.3, 0.4) is 0 Å². The molecule has 6 nitrogen and oxygen atoms in total. The van der Waals surface area contributed by atoms with Crippen LogP contribution in [0.15, 0.2) is 48.5 Å². The molecule has 0 aliphatic carbocycles. The number of carbonyl (C=O) groups is 3. The van der Waals surface area contributed by atoms with E-state index in [-0.39, 0.29) is 24.2 Å². The fourth-order valence-corrected chi connectivity index (χ4v) is 3.28. The van der Waals surface area contributed by atoms with Gasteiger partial charge in [-0.25, -0.2) is 9.18 Å². The molecule has 29 heavy (non-hydrogen) atoms. The first-order valence-corrected chi connectivity index (χ1v) is 9.46. The number of nitrogens with zero attached hydrogens (tertiary/aromatic N) is 2. The zero-order valence-electron chi connectivity index (χ0n) is 16.4. The lowest BCUT2D eigenvalue weighted by Crippen LogP contribution is -2.37. The van der Waals surface area contributed by atoms with Crippen LogP contribution in [0.25, 0.3) is 0 Å². The summed E-state index contributed by atoms with van der Waals surface area (Å²) < 4.78 is 18.6. The molecule has 0 N–H and O–H groups in total. The molecule has 0 saturated carbocycles. The number of benzene rings is 2. The second kappa shape index (κ2) is 8.86. The van der Waals surface area contributed by atoms with Gasteiger partial charge in [0, 0.05) is 32.2 Å². The SMILES string of the molecule is C[C@H](OC(=O)c1ccc(N2CCCC2=O)cc1)C(=O)N(C)Cc1cccc(F)c1. The molecule has 1 atom stereocenters. The average molecular weight is 398 g/mol. The van der Waals surface area contributed by atoms with Gasteiger partial charge in [0.25, 0.3) is 5.91 Å². The quantitative estimate of drug-likeness (QED) is 0.701. The van der Waals surface area contributed by atoms with Gasteiger partial charge in [0.15, 0.2) is 6.10 Å². The largest absolute Gasteiger partial charge is 0.449 e. The van der Waals surface area contributed by atoms with Gasteiger partial charge in [-0.05, 0) is 55.3 Å². The van der Waals surface area contributed by atoms with E-state index in [2.05, 4.69) is 0 Å². The number of carbonyl (C=O) groups excluding carboxylic acids is 3. The van der Waals surface area contributed by atoms with Crippen molar-refractivity contribution in [1.29, 1.82) is 0 Å². The maximum Gasteiger partial charge on any atom is 0.338 e. The molecule has 0 aromatic heterocycles. The summed E-state index contributed by atoms with van der Waals surface area (Å²) in [5, 5.41) is 0. The van der Waals surface area contributed by atoms with Crippen LogP contribution in [0.5, 0.6) is 0 Å². The summed E-state index contributed by atoms with van der Waals surface area (Å²) in [7, 11) is 1.57. The summed E-state index contributed by atoms with van der Waals surface area (Å²) in [6, 6.07) is 12.5. The Hall–Kier alpha value is -3.22. The first kappa shape index (κ1) is 20.5. The Labute approximate surface area is 168 Å². The van der Waals surface area contributed by atoms with Crippen LogP contribution in [-0.4, -0.2) is 42.4 Å². The highest BCUT2D eigenvalue weighted by Gasteiger charge is 2.24. The number of ether oxygens (including phenoxy) is 1. The third-order valence-electron chi connectivity index (χ3n) is 4.80. The van der Waals surface area contributed by atoms with Gasteiger partial charge in [-0.2, -0.15) is 0 Å². The lowest BCUT2D eigenvalue weighted by molar-refractivity contribution is -0.139. The normalized spacial score (nSPS) is 14.6. The van der Waals surface area contributed by atoms with Crippen molar-refractivity contribution < 1.29 is 23.5 Å². The summed E-state index contributed by atoms with van der Waals surface area (Å²) in [6.45, 7) is 2.38. The minimum Gasteiger partial charge on any atom is -0.449 e. The molecule has 3 rings (SSSR count). The standard InChI is InChI=1S/C22H23FN2O4/c1-15(21(27)24(2)14-16-5-3-6-18(23)13-16)29-22(28)17-8-10-19(11-9-17)25-12-4-7-20(25)26/h3,5-6,8-11,13,15H,4,7,12,14H2,1-2H3/t15-/m0/s1. The minimum absolute atomic E-state index is 0.0703. The summed E-state index contributed by atoms with van der Waals surface area (Å²) in [5.41, 5.74) is 1.68. The number of esters is 1. The Morgan fingerprint density at radius 3 is 2.55 bits per heavy atom. The molecule has 2 aromatic rings. The molecule has 0 spiro atoms. The predicted octanol–water partition coefficient (Wildman–Crippen LogP) is 3.16. The van der Waals surface area contributed by atoms with Gasteiger partial charge in [-0.15, -0.1) is 0 Å². The van der Waals surface area contributed by atoms with Gasteiger partial charge in [0.2, 0.25) is 5.91 Å². The van der Waals surface area contributed by atoms with E-state index >= 15 is 0 Å². The van der Waals surface area contributed by atoms with Crippen molar-refractivity contribution in [3.8, 4) is 0 Å². The zero-order chi connectivity index (χ0) is 21.0. The van der Waals surface area contributed by atoms with E-state index in [0.29, 0.717) is 24.1 Å². The number of likely N-dealkylation sites (N-methyl/N-ethyl adjacent to an activating group) is 1. The number of hydrogen-bond acceptors (Lipinski definition) is 4. The van der Waals surface area contributed by atoms with Crippen molar-refractivity contribution in [3.05, 3.63) is 65.5 Å². The monoisotopic (exact) mass is 398 g/mol. The first-order valence-electron chi connectivity index (χ1n) is 9.46. The van der Waals surface area contributed by atoms with Gasteiger partial charge in [0.1, 0.15) is 5.82 Å². The molecule has 1 aliphatic heterocycles. The van der Waals surface area contributed by atoms with Crippen LogP contribution in [0, 0.1) is 5.82 Å². The van der Waals surface area contributed by atoms with E-state index in [9.17, 15) is 18.8 Å². The summed E-state index contributed by atoms with van der Waals surface area (Å²) >= 11 is 0. The highest BCUT2D eigenvalue weighted by atomic mass is 19.1. The predicted molar refractivity (Wildman–Crippen MR) is 106 cm³/mol. The summed E-state index contributed by atoms with van der Waals surface area (Å²) in [6.07, 6.45) is 0.374. The van der Waals surface area contributed by atoms with E-state index in [1.54, 1.807) is 48.3 Å². The maximum absolute atomic E-state index is 13.3. The molecule has 1 fully saturated rings. The smallest absolute Gasteiger partial charge is 0.338 e. The number of anilines is 1. The fourth-order valence-electron chi connectivity index (χ4n) is 3.28. The second-order valence-corrected chi connectivity index (χ2v) is 7.07. The molecule has 152 valence electrons. The van der Waals surface area contributed by atoms with Crippen molar-refractivity contribution in [2.45, 2.75) is 32.4 Å². The first-order chi connectivity index (χ1) is 13.8. The lowest BCUT2D eigenvalue weighted by atomic mass is 10.2. The molecule has 1 heterocycles. The topological polar surface area (TPSA) is 66.9 Å². The highest BCUT2D eigenvalue weighted by molar-refractivity contribution is 5.96. The molecule has 2 aromatic carbocycles. The molecule has 1 aliphatic rings. The van der Waals surface area contributed by atoms with Crippen LogP contribution >= 0.6 is 0 Å². The molecular weight excluding hydrogens is 375 g/mol. The van der Waals surface area contributed by atoms with E-state index in [1.165, 1.54) is 24.0 Å². The van der Waals surface area contributed by atoms with Gasteiger partial charge < -0.3 is 14.5 Å². The Kier molecular flexibility index (Phi) is 6.26.